The molecule has 0 radical (unpaired) electrons. The molecule has 3 heteroatoms. The van der Waals surface area contributed by atoms with Gasteiger partial charge in [0.15, 0.2) is 0 Å². The summed E-state index contributed by atoms with van der Waals surface area (Å²) < 4.78 is 0. The summed E-state index contributed by atoms with van der Waals surface area (Å²) in [6.07, 6.45) is 5.19. The molecule has 0 bridgehead atoms. The molecule has 0 fully saturated rings. The fourth-order valence-corrected chi connectivity index (χ4v) is 2.06. The molecule has 0 heterocycles. The highest BCUT2D eigenvalue weighted by Crippen LogP contribution is 2.15. The summed E-state index contributed by atoms with van der Waals surface area (Å²) >= 11 is 0. The molecular weight excluding hydrogens is 238 g/mol. The van der Waals surface area contributed by atoms with E-state index in [2.05, 4.69) is 31.9 Å². The van der Waals surface area contributed by atoms with Gasteiger partial charge in [-0.15, -0.1) is 0 Å². The van der Waals surface area contributed by atoms with Gasteiger partial charge in [0.25, 0.3) is 0 Å². The first-order valence-electron chi connectivity index (χ1n) is 6.73. The van der Waals surface area contributed by atoms with Crippen molar-refractivity contribution in [2.24, 2.45) is 0 Å². The average Bonchev–Trinajstić information content (AvgIpc) is 2.37. The Hall–Kier alpha value is -1.61. The molecule has 104 valence electrons. The third-order valence-electron chi connectivity index (χ3n) is 3.34. The van der Waals surface area contributed by atoms with Crippen LogP contribution in [0, 0.1) is 0 Å². The molecule has 0 aliphatic carbocycles. The van der Waals surface area contributed by atoms with Crippen LogP contribution >= 0.6 is 0 Å². The summed E-state index contributed by atoms with van der Waals surface area (Å²) in [4.78, 5) is 12.9. The van der Waals surface area contributed by atoms with Crippen LogP contribution in [0.15, 0.2) is 30.3 Å². The molecule has 0 spiro atoms. The average molecular weight is 261 g/mol. The Kier molecular flexibility index (Phi) is 6.30. The van der Waals surface area contributed by atoms with Crippen molar-refractivity contribution >= 4 is 12.0 Å². The molecule has 1 unspecified atom stereocenters. The number of benzene rings is 1. The highest BCUT2D eigenvalue weighted by atomic mass is 16.4. The number of carboxylic acids is 1. The monoisotopic (exact) mass is 261 g/mol. The molecule has 1 aromatic carbocycles. The van der Waals surface area contributed by atoms with E-state index < -0.39 is 5.97 Å². The molecule has 0 aliphatic rings. The van der Waals surface area contributed by atoms with E-state index in [4.69, 9.17) is 5.11 Å². The van der Waals surface area contributed by atoms with Crippen LogP contribution in [0.1, 0.15) is 37.8 Å². The third kappa shape index (κ3) is 5.26. The third-order valence-corrected chi connectivity index (χ3v) is 3.34. The second-order valence-electron chi connectivity index (χ2n) is 4.92. The fourth-order valence-electron chi connectivity index (χ4n) is 2.06. The van der Waals surface area contributed by atoms with Gasteiger partial charge < -0.3 is 5.11 Å². The van der Waals surface area contributed by atoms with Gasteiger partial charge in [0.1, 0.15) is 0 Å². The topological polar surface area (TPSA) is 40.5 Å². The fraction of sp³-hybridized carbons (Fsp3) is 0.438. The molecule has 0 saturated heterocycles. The van der Waals surface area contributed by atoms with Crippen LogP contribution < -0.4 is 0 Å². The first-order valence-corrected chi connectivity index (χ1v) is 6.73. The zero-order valence-corrected chi connectivity index (χ0v) is 12.0. The molecule has 3 nitrogen and oxygen atoms in total. The molecule has 1 aromatic rings. The SMILES string of the molecule is CCCC(C)N(C)Cc1ccccc1/C=C/C(=O)O. The van der Waals surface area contributed by atoms with Gasteiger partial charge in [-0.05, 0) is 37.6 Å². The number of carboxylic acid groups (broad SMARTS) is 1. The molecule has 1 atom stereocenters. The lowest BCUT2D eigenvalue weighted by atomic mass is 10.1. The summed E-state index contributed by atoms with van der Waals surface area (Å²) in [5.41, 5.74) is 2.13. The lowest BCUT2D eigenvalue weighted by Crippen LogP contribution is -2.28. The van der Waals surface area contributed by atoms with E-state index >= 15 is 0 Å². The number of hydrogen-bond acceptors (Lipinski definition) is 2. The maximum Gasteiger partial charge on any atom is 0.328 e. The van der Waals surface area contributed by atoms with E-state index in [0.29, 0.717) is 6.04 Å². The predicted molar refractivity (Wildman–Crippen MR) is 78.9 cm³/mol. The van der Waals surface area contributed by atoms with Crippen LogP contribution in [0.2, 0.25) is 0 Å². The van der Waals surface area contributed by atoms with Gasteiger partial charge in [-0.3, -0.25) is 4.90 Å². The summed E-state index contributed by atoms with van der Waals surface area (Å²) in [6.45, 7) is 5.24. The van der Waals surface area contributed by atoms with Crippen molar-refractivity contribution in [3.05, 3.63) is 41.5 Å². The van der Waals surface area contributed by atoms with Crippen molar-refractivity contribution in [2.45, 2.75) is 39.3 Å². The van der Waals surface area contributed by atoms with Crippen LogP contribution in [0.4, 0.5) is 0 Å². The van der Waals surface area contributed by atoms with Gasteiger partial charge >= 0.3 is 5.97 Å². The Morgan fingerprint density at radius 2 is 2.11 bits per heavy atom. The Morgan fingerprint density at radius 1 is 1.42 bits per heavy atom. The van der Waals surface area contributed by atoms with E-state index in [9.17, 15) is 4.79 Å². The number of rotatable bonds is 7. The maximum absolute atomic E-state index is 10.6. The zero-order chi connectivity index (χ0) is 14.3. The summed E-state index contributed by atoms with van der Waals surface area (Å²) in [7, 11) is 2.11. The van der Waals surface area contributed by atoms with Gasteiger partial charge in [-0.2, -0.15) is 0 Å². The number of hydrogen-bond donors (Lipinski definition) is 1. The Bertz CT molecular complexity index is 440. The molecule has 0 aromatic heterocycles. The highest BCUT2D eigenvalue weighted by molar-refractivity contribution is 5.85. The van der Waals surface area contributed by atoms with Crippen LogP contribution in [0.3, 0.4) is 0 Å². The van der Waals surface area contributed by atoms with Crippen LogP contribution in [0.25, 0.3) is 6.08 Å². The van der Waals surface area contributed by atoms with E-state index in [1.807, 2.05) is 18.2 Å². The van der Waals surface area contributed by atoms with Crippen LogP contribution in [0.5, 0.6) is 0 Å². The Balaban J connectivity index is 2.80. The Morgan fingerprint density at radius 3 is 2.74 bits per heavy atom. The lowest BCUT2D eigenvalue weighted by molar-refractivity contribution is -0.131. The minimum Gasteiger partial charge on any atom is -0.478 e. The lowest BCUT2D eigenvalue weighted by Gasteiger charge is -2.25. The van der Waals surface area contributed by atoms with Crippen molar-refractivity contribution in [1.82, 2.24) is 4.90 Å². The van der Waals surface area contributed by atoms with Crippen LogP contribution in [-0.2, 0) is 11.3 Å². The minimum atomic E-state index is -0.914. The smallest absolute Gasteiger partial charge is 0.328 e. The summed E-state index contributed by atoms with van der Waals surface area (Å²) in [6, 6.07) is 8.46. The quantitative estimate of drug-likeness (QED) is 0.765. The summed E-state index contributed by atoms with van der Waals surface area (Å²) in [5.74, 6) is -0.914. The van der Waals surface area contributed by atoms with Crippen molar-refractivity contribution in [3.63, 3.8) is 0 Å². The van der Waals surface area contributed by atoms with Gasteiger partial charge in [0.2, 0.25) is 0 Å². The highest BCUT2D eigenvalue weighted by Gasteiger charge is 2.10. The van der Waals surface area contributed by atoms with Gasteiger partial charge in [0.05, 0.1) is 0 Å². The number of carbonyl (C=O) groups is 1. The van der Waals surface area contributed by atoms with Crippen LogP contribution in [-0.4, -0.2) is 29.1 Å². The molecule has 19 heavy (non-hydrogen) atoms. The maximum atomic E-state index is 10.6. The summed E-state index contributed by atoms with van der Waals surface area (Å²) in [5, 5.41) is 8.71. The molecule has 0 saturated carbocycles. The molecule has 0 amide bonds. The largest absolute Gasteiger partial charge is 0.478 e. The molecule has 0 aliphatic heterocycles. The second kappa shape index (κ2) is 7.74. The van der Waals surface area contributed by atoms with Gasteiger partial charge in [-0.25, -0.2) is 4.79 Å². The molecule has 1 N–H and O–H groups in total. The van der Waals surface area contributed by atoms with Crippen molar-refractivity contribution in [3.8, 4) is 0 Å². The molecule has 1 rings (SSSR count). The minimum absolute atomic E-state index is 0.529. The van der Waals surface area contributed by atoms with Crippen molar-refractivity contribution in [1.29, 1.82) is 0 Å². The van der Waals surface area contributed by atoms with Crippen molar-refractivity contribution < 1.29 is 9.90 Å². The first-order chi connectivity index (χ1) is 9.04. The predicted octanol–water partition coefficient (Wildman–Crippen LogP) is 3.40. The van der Waals surface area contributed by atoms with Crippen molar-refractivity contribution in [2.75, 3.05) is 7.05 Å². The van der Waals surface area contributed by atoms with E-state index in [0.717, 1.165) is 17.7 Å². The second-order valence-corrected chi connectivity index (χ2v) is 4.92. The first kappa shape index (κ1) is 15.4. The van der Waals surface area contributed by atoms with Gasteiger partial charge in [0, 0.05) is 18.7 Å². The van der Waals surface area contributed by atoms with E-state index in [1.54, 1.807) is 6.08 Å². The van der Waals surface area contributed by atoms with E-state index in [1.165, 1.54) is 18.9 Å². The zero-order valence-electron chi connectivity index (χ0n) is 12.0. The van der Waals surface area contributed by atoms with Gasteiger partial charge in [-0.1, -0.05) is 37.6 Å². The standard InChI is InChI=1S/C16H23NO2/c1-4-7-13(2)17(3)12-15-9-6-5-8-14(15)10-11-16(18)19/h5-6,8-11,13H,4,7,12H2,1-3H3,(H,18,19)/b11-10+. The Labute approximate surface area is 115 Å². The number of aliphatic carboxylic acids is 1. The van der Waals surface area contributed by atoms with E-state index in [-0.39, 0.29) is 0 Å². The normalized spacial score (nSPS) is 13.1. The number of nitrogens with zero attached hydrogens (tertiary/aromatic N) is 1. The molecular formula is C16H23NO2.